The number of carbonyl (C=O) groups is 1. The van der Waals surface area contributed by atoms with Crippen LogP contribution in [0.5, 0.6) is 5.75 Å². The van der Waals surface area contributed by atoms with Crippen molar-refractivity contribution in [2.24, 2.45) is 0 Å². The molecule has 7 rings (SSSR count). The second-order valence-corrected chi connectivity index (χ2v) is 15.9. The largest absolute Gasteiger partial charge is 0.445 e. The van der Waals surface area contributed by atoms with Crippen LogP contribution in [0, 0.1) is 0 Å². The number of aromatic nitrogens is 2. The molecule has 6 aromatic rings. The van der Waals surface area contributed by atoms with Gasteiger partial charge in [0.25, 0.3) is 0 Å². The number of ether oxygens (including phenoxy) is 1. The summed E-state index contributed by atoms with van der Waals surface area (Å²) in [5, 5.41) is 2.43. The molecule has 0 aliphatic carbocycles. The first-order chi connectivity index (χ1) is 25.6. The number of hydrogen-bond acceptors (Lipinski definition) is 10. The average Bonchev–Trinajstić information content (AvgIpc) is 3.17. The van der Waals surface area contributed by atoms with Crippen LogP contribution in [0.1, 0.15) is 11.1 Å². The van der Waals surface area contributed by atoms with Gasteiger partial charge in [-0.05, 0) is 53.9 Å². The summed E-state index contributed by atoms with van der Waals surface area (Å²) in [6.45, 7) is 2.45. The quantitative estimate of drug-likeness (QED) is 0.161. The molecule has 12 nitrogen and oxygen atoms in total. The second kappa shape index (κ2) is 15.7. The Morgan fingerprint density at radius 1 is 0.698 bits per heavy atom. The van der Waals surface area contributed by atoms with Crippen molar-refractivity contribution in [3.8, 4) is 5.75 Å². The van der Waals surface area contributed by atoms with Crippen LogP contribution < -0.4 is 8.91 Å². The summed E-state index contributed by atoms with van der Waals surface area (Å²) in [4.78, 5) is 24.9. The van der Waals surface area contributed by atoms with Gasteiger partial charge in [-0.1, -0.05) is 66.7 Å². The van der Waals surface area contributed by atoms with Crippen LogP contribution in [0.4, 0.5) is 4.79 Å². The lowest BCUT2D eigenvalue weighted by molar-refractivity contribution is 0.0700. The number of nitrogens with zero attached hydrogens (tertiary/aromatic N) is 4. The van der Waals surface area contributed by atoms with Crippen LogP contribution in [0.15, 0.2) is 138 Å². The molecule has 1 unspecified atom stereocenters. The minimum absolute atomic E-state index is 0.0321. The molecule has 0 saturated carbocycles. The maximum absolute atomic E-state index is 13.9. The van der Waals surface area contributed by atoms with Crippen molar-refractivity contribution in [1.82, 2.24) is 24.5 Å². The first kappa shape index (κ1) is 36.0. The third kappa shape index (κ3) is 8.63. The second-order valence-electron chi connectivity index (χ2n) is 12.7. The third-order valence-electron chi connectivity index (χ3n) is 9.09. The van der Waals surface area contributed by atoms with Crippen molar-refractivity contribution in [1.29, 1.82) is 0 Å². The summed E-state index contributed by atoms with van der Waals surface area (Å²) in [7, 11) is -8.16. The highest BCUT2D eigenvalue weighted by Gasteiger charge is 2.28. The highest BCUT2D eigenvalue weighted by atomic mass is 32.2. The SMILES string of the molecule is O=C(OCc1ccccc1)N1CCN(CC(Cc2ccc(OS(=O)(=O)c3cccc4cnccc34)cc2)NS(=O)(=O)c2cccc3cnccc23)CC1. The molecule has 1 aliphatic heterocycles. The van der Waals surface area contributed by atoms with Gasteiger partial charge in [0.15, 0.2) is 0 Å². The lowest BCUT2D eigenvalue weighted by Crippen LogP contribution is -2.53. The topological polar surface area (TPSA) is 148 Å². The molecule has 0 radical (unpaired) electrons. The molecule has 4 aromatic carbocycles. The fourth-order valence-electron chi connectivity index (χ4n) is 6.44. The van der Waals surface area contributed by atoms with Crippen molar-refractivity contribution < 1.29 is 30.6 Å². The van der Waals surface area contributed by atoms with Crippen LogP contribution in [-0.4, -0.2) is 81.5 Å². The molecule has 1 fully saturated rings. The zero-order valence-corrected chi connectivity index (χ0v) is 30.2. The number of amides is 1. The molecule has 1 saturated heterocycles. The van der Waals surface area contributed by atoms with E-state index in [-0.39, 0.29) is 22.1 Å². The van der Waals surface area contributed by atoms with Crippen LogP contribution in [-0.2, 0) is 37.9 Å². The van der Waals surface area contributed by atoms with E-state index in [1.165, 1.54) is 12.3 Å². The third-order valence-corrected chi connectivity index (χ3v) is 12.0. The van der Waals surface area contributed by atoms with E-state index < -0.39 is 32.3 Å². The van der Waals surface area contributed by atoms with Gasteiger partial charge in [0.2, 0.25) is 10.0 Å². The van der Waals surface area contributed by atoms with E-state index in [0.717, 1.165) is 11.1 Å². The zero-order valence-electron chi connectivity index (χ0n) is 28.6. The molecule has 1 amide bonds. The number of fused-ring (bicyclic) bond motifs is 2. The zero-order chi connectivity index (χ0) is 36.8. The standard InChI is InChI=1S/C39H37N5O7S2/c45-39(50-28-30-6-2-1-3-7-30)44-22-20-43(21-23-44)27-33(42-52(46,47)37-10-4-8-31-25-40-18-16-35(31)37)24-29-12-14-34(15-13-29)51-53(48,49)38-11-5-9-32-26-41-19-17-36(32)38/h1-19,25-26,33,42H,20-24,27-28H2. The average molecular weight is 752 g/mol. The number of benzene rings is 4. The van der Waals surface area contributed by atoms with E-state index in [0.29, 0.717) is 60.7 Å². The Morgan fingerprint density at radius 3 is 1.98 bits per heavy atom. The van der Waals surface area contributed by atoms with E-state index in [9.17, 15) is 21.6 Å². The van der Waals surface area contributed by atoms with Crippen LogP contribution >= 0.6 is 0 Å². The van der Waals surface area contributed by atoms with Crippen molar-refractivity contribution in [3.63, 3.8) is 0 Å². The summed E-state index contributed by atoms with van der Waals surface area (Å²) in [6, 6.07) is 28.7. The molecule has 0 spiro atoms. The van der Waals surface area contributed by atoms with Crippen molar-refractivity contribution in [2.75, 3.05) is 32.7 Å². The number of nitrogens with one attached hydrogen (secondary N) is 1. The van der Waals surface area contributed by atoms with Gasteiger partial charge in [-0.15, -0.1) is 0 Å². The summed E-state index contributed by atoms with van der Waals surface area (Å²) >= 11 is 0. The first-order valence-electron chi connectivity index (χ1n) is 17.0. The summed E-state index contributed by atoms with van der Waals surface area (Å²) in [5.41, 5.74) is 1.67. The normalized spacial score (nSPS) is 14.6. The van der Waals surface area contributed by atoms with E-state index in [4.69, 9.17) is 8.92 Å². The Balaban J connectivity index is 1.06. The lowest BCUT2D eigenvalue weighted by atomic mass is 10.1. The van der Waals surface area contributed by atoms with Gasteiger partial charge in [-0.2, -0.15) is 8.42 Å². The highest BCUT2D eigenvalue weighted by Crippen LogP contribution is 2.27. The molecule has 14 heteroatoms. The smallest absolute Gasteiger partial charge is 0.410 e. The predicted octanol–water partition coefficient (Wildman–Crippen LogP) is 5.39. The molecule has 1 aliphatic rings. The Kier molecular flexibility index (Phi) is 10.6. The van der Waals surface area contributed by atoms with Gasteiger partial charge >= 0.3 is 16.2 Å². The minimum Gasteiger partial charge on any atom is -0.445 e. The Hall–Kier alpha value is -5.41. The van der Waals surface area contributed by atoms with Crippen molar-refractivity contribution in [3.05, 3.63) is 139 Å². The van der Waals surface area contributed by atoms with Crippen molar-refractivity contribution in [2.45, 2.75) is 28.9 Å². The van der Waals surface area contributed by atoms with Crippen LogP contribution in [0.25, 0.3) is 21.5 Å². The summed E-state index contributed by atoms with van der Waals surface area (Å²) in [5.74, 6) is 0.122. The molecule has 1 atom stereocenters. The number of rotatable bonds is 12. The Bertz CT molecular complexity index is 2430. The van der Waals surface area contributed by atoms with Gasteiger partial charge in [-0.25, -0.2) is 17.9 Å². The number of sulfonamides is 1. The lowest BCUT2D eigenvalue weighted by Gasteiger charge is -2.36. The molecule has 53 heavy (non-hydrogen) atoms. The number of piperazine rings is 1. The van der Waals surface area contributed by atoms with E-state index in [1.54, 1.807) is 84.2 Å². The monoisotopic (exact) mass is 751 g/mol. The van der Waals surface area contributed by atoms with E-state index >= 15 is 0 Å². The summed E-state index contributed by atoms with van der Waals surface area (Å²) < 4.78 is 68.4. The number of pyridine rings is 2. The van der Waals surface area contributed by atoms with Crippen LogP contribution in [0.2, 0.25) is 0 Å². The maximum atomic E-state index is 13.9. The Labute approximate surface area is 308 Å². The van der Waals surface area contributed by atoms with Gasteiger partial charge in [-0.3, -0.25) is 14.9 Å². The number of carbonyl (C=O) groups excluding carboxylic acids is 1. The maximum Gasteiger partial charge on any atom is 0.410 e. The fourth-order valence-corrected chi connectivity index (χ4v) is 9.05. The molecular weight excluding hydrogens is 715 g/mol. The van der Waals surface area contributed by atoms with Crippen LogP contribution in [0.3, 0.4) is 0 Å². The number of hydrogen-bond donors (Lipinski definition) is 1. The van der Waals surface area contributed by atoms with Gasteiger partial charge in [0.05, 0.1) is 4.90 Å². The molecule has 2 aromatic heterocycles. The molecule has 0 bridgehead atoms. The highest BCUT2D eigenvalue weighted by molar-refractivity contribution is 7.89. The van der Waals surface area contributed by atoms with Gasteiger partial charge < -0.3 is 13.8 Å². The minimum atomic E-state index is -4.16. The Morgan fingerprint density at radius 2 is 1.32 bits per heavy atom. The van der Waals surface area contributed by atoms with E-state index in [2.05, 4.69) is 19.6 Å². The van der Waals surface area contributed by atoms with Gasteiger partial charge in [0.1, 0.15) is 17.3 Å². The van der Waals surface area contributed by atoms with Crippen molar-refractivity contribution >= 4 is 47.8 Å². The summed E-state index contributed by atoms with van der Waals surface area (Å²) in [6.07, 6.45) is 6.21. The van der Waals surface area contributed by atoms with E-state index in [1.807, 2.05) is 36.4 Å². The molecule has 272 valence electrons. The fraction of sp³-hybridized carbons (Fsp3) is 0.205. The predicted molar refractivity (Wildman–Crippen MR) is 200 cm³/mol. The van der Waals surface area contributed by atoms with Gasteiger partial charge in [0, 0.05) is 85.1 Å². The molecule has 3 heterocycles. The molecule has 1 N–H and O–H groups in total. The first-order valence-corrected chi connectivity index (χ1v) is 19.9. The molecular formula is C39H37N5O7S2.